The Kier molecular flexibility index (Phi) is 21.5. The van der Waals surface area contributed by atoms with Crippen LogP contribution in [0.1, 0.15) is 0 Å². The largest absolute Gasteiger partial charge is 1.00 e. The summed E-state index contributed by atoms with van der Waals surface area (Å²) in [6, 6.07) is 0. The van der Waals surface area contributed by atoms with Gasteiger partial charge in [0.05, 0.1) is 0 Å². The van der Waals surface area contributed by atoms with E-state index in [2.05, 4.69) is 12.2 Å². The summed E-state index contributed by atoms with van der Waals surface area (Å²) < 4.78 is 0. The maximum absolute atomic E-state index is 8.62. The van der Waals surface area contributed by atoms with Crippen molar-refractivity contribution in [2.24, 2.45) is 0 Å². The predicted molar refractivity (Wildman–Crippen MR) is 13.7 cm³/mol. The molecule has 0 fully saturated rings. The van der Waals surface area contributed by atoms with Gasteiger partial charge in [-0.1, -0.05) is 5.55 Å². The van der Waals surface area contributed by atoms with Crippen LogP contribution in [0.25, 0.3) is 0 Å². The van der Waals surface area contributed by atoms with Gasteiger partial charge in [0, 0.05) is 0 Å². The molecule has 0 aliphatic heterocycles. The van der Waals surface area contributed by atoms with Crippen LogP contribution in [-0.2, 0) is 0 Å². The molecule has 0 heterocycles. The third-order valence-corrected chi connectivity index (χ3v) is 0. The monoisotopic (exact) mass is 68.0 g/mol. The zero-order valence-electron chi connectivity index (χ0n) is 2.39. The number of hydrogen-bond donors (Lipinski definition) is 0. The van der Waals surface area contributed by atoms with Crippen LogP contribution >= 0.6 is 12.2 Å². The van der Waals surface area contributed by atoms with Gasteiger partial charge in [-0.3, -0.25) is 0 Å². The van der Waals surface area contributed by atoms with Crippen LogP contribution in [0.2, 0.25) is 0 Å². The van der Waals surface area contributed by atoms with E-state index in [-0.39, 0.29) is 18.9 Å². The summed E-state index contributed by atoms with van der Waals surface area (Å²) in [6.07, 6.45) is 0. The van der Waals surface area contributed by atoms with Gasteiger partial charge in [-0.05, 0) is 0 Å². The second-order valence-electron chi connectivity index (χ2n) is 0.0962. The molecule has 0 aromatic heterocycles. The van der Waals surface area contributed by atoms with Crippen molar-refractivity contribution in [3.63, 3.8) is 0 Å². The van der Waals surface area contributed by atoms with Crippen molar-refractivity contribution < 1.29 is 24.0 Å². The summed E-state index contributed by atoms with van der Waals surface area (Å²) in [4.78, 5) is 0. The van der Waals surface area contributed by atoms with Crippen LogP contribution in [0.3, 0.4) is 0 Å². The van der Waals surface area contributed by atoms with E-state index in [4.69, 9.17) is 5.11 Å². The Hall–Kier alpha value is 0.487. The fraction of sp³-hybridized carbons (Fsp3) is 0. The average molecular weight is 68.0 g/mol. The van der Waals surface area contributed by atoms with Gasteiger partial charge in [0.25, 0.3) is 0 Å². The van der Waals surface area contributed by atoms with E-state index in [9.17, 15) is 0 Å². The van der Waals surface area contributed by atoms with Crippen molar-refractivity contribution in [1.29, 1.82) is 0 Å². The molecular weight excluding hydrogens is 67.0 g/mol. The zero-order valence-corrected chi connectivity index (χ0v) is 3.21. The fourth-order valence-corrected chi connectivity index (χ4v) is 0. The Morgan fingerprint density at radius 2 is 1.75 bits per heavy atom. The minimum absolute atomic E-state index is 0. The molecule has 1 nitrogen and oxygen atoms in total. The SMILES string of the molecule is [Li+].[O-]C=S. The normalized spacial score (nSPS) is 3.00. The quantitative estimate of drug-likeness (QED) is 0.215. The van der Waals surface area contributed by atoms with Crippen molar-refractivity contribution in [3.05, 3.63) is 0 Å². The molecule has 0 N–H and O–H groups in total. The standard InChI is InChI=1S/CH2OS.Li/c2-1-3;/h1H,(H,2,3);/q;+1/p-1. The maximum Gasteiger partial charge on any atom is 1.00 e. The van der Waals surface area contributed by atoms with Gasteiger partial charge in [0.15, 0.2) is 0 Å². The van der Waals surface area contributed by atoms with Gasteiger partial charge >= 0.3 is 18.9 Å². The number of hydrogen-bond acceptors (Lipinski definition) is 2. The summed E-state index contributed by atoms with van der Waals surface area (Å²) in [7, 11) is 0. The molecule has 0 aromatic rings. The number of rotatable bonds is 0. The second kappa shape index (κ2) is 9.75. The first-order valence-corrected chi connectivity index (χ1v) is 0.943. The van der Waals surface area contributed by atoms with Crippen LogP contribution in [0.15, 0.2) is 0 Å². The van der Waals surface area contributed by atoms with Crippen molar-refractivity contribution in [3.8, 4) is 0 Å². The molecule has 0 radical (unpaired) electrons. The summed E-state index contributed by atoms with van der Waals surface area (Å²) in [5.41, 5.74) is 0.333. The van der Waals surface area contributed by atoms with Gasteiger partial charge in [-0.2, -0.15) is 0 Å². The van der Waals surface area contributed by atoms with Crippen LogP contribution in [0.5, 0.6) is 0 Å². The average Bonchev–Trinajstić information content (AvgIpc) is 0.918. The van der Waals surface area contributed by atoms with Crippen molar-refractivity contribution in [2.45, 2.75) is 0 Å². The Morgan fingerprint density at radius 1 is 1.75 bits per heavy atom. The molecule has 0 rings (SSSR count). The van der Waals surface area contributed by atoms with E-state index >= 15 is 0 Å². The first-order chi connectivity index (χ1) is 1.41. The molecule has 0 aromatic carbocycles. The minimum Gasteiger partial charge on any atom is -0.870 e. The Morgan fingerprint density at radius 3 is 1.75 bits per heavy atom. The summed E-state index contributed by atoms with van der Waals surface area (Å²) in [6.45, 7) is 0. The summed E-state index contributed by atoms with van der Waals surface area (Å²) in [5, 5.41) is 8.62. The van der Waals surface area contributed by atoms with E-state index in [1.807, 2.05) is 0 Å². The summed E-state index contributed by atoms with van der Waals surface area (Å²) >= 11 is 3.71. The van der Waals surface area contributed by atoms with Gasteiger partial charge < -0.3 is 5.11 Å². The Labute approximate surface area is 42.2 Å². The van der Waals surface area contributed by atoms with Crippen LogP contribution < -0.4 is 24.0 Å². The third kappa shape index (κ3) is 23.2. The molecule has 0 spiro atoms. The van der Waals surface area contributed by atoms with E-state index in [0.717, 1.165) is 0 Å². The van der Waals surface area contributed by atoms with Crippen LogP contribution in [0.4, 0.5) is 0 Å². The van der Waals surface area contributed by atoms with Crippen molar-refractivity contribution >= 4 is 17.8 Å². The third-order valence-electron chi connectivity index (χ3n) is 0. The Bertz CT molecular complexity index is 15.5. The van der Waals surface area contributed by atoms with E-state index in [1.54, 1.807) is 0 Å². The molecule has 0 unspecified atom stereocenters. The topological polar surface area (TPSA) is 23.1 Å². The van der Waals surface area contributed by atoms with Gasteiger partial charge in [-0.15, -0.1) is 12.2 Å². The molecule has 0 bridgehead atoms. The first-order valence-electron chi connectivity index (χ1n) is 0.471. The zero-order chi connectivity index (χ0) is 2.71. The van der Waals surface area contributed by atoms with Crippen molar-refractivity contribution in [1.82, 2.24) is 0 Å². The van der Waals surface area contributed by atoms with E-state index < -0.39 is 0 Å². The van der Waals surface area contributed by atoms with Gasteiger partial charge in [0.1, 0.15) is 0 Å². The van der Waals surface area contributed by atoms with Crippen LogP contribution in [-0.4, -0.2) is 5.55 Å². The van der Waals surface area contributed by atoms with Gasteiger partial charge in [0.2, 0.25) is 0 Å². The molecule has 3 heteroatoms. The Balaban J connectivity index is 0. The smallest absolute Gasteiger partial charge is 0.870 e. The molecular formula is CHLiOS. The van der Waals surface area contributed by atoms with Crippen molar-refractivity contribution in [2.75, 3.05) is 0 Å². The molecule has 0 atom stereocenters. The van der Waals surface area contributed by atoms with Crippen LogP contribution in [0, 0.1) is 0 Å². The first kappa shape index (κ1) is 8.82. The van der Waals surface area contributed by atoms with E-state index in [1.165, 1.54) is 0 Å². The predicted octanol–water partition coefficient (Wildman–Crippen LogP) is -3.69. The molecule has 0 aliphatic carbocycles. The maximum atomic E-state index is 8.62. The number of thiocarbonyl (C=S) groups is 1. The minimum atomic E-state index is 0. The molecule has 0 saturated carbocycles. The molecule has 4 heavy (non-hydrogen) atoms. The molecule has 0 aliphatic rings. The van der Waals surface area contributed by atoms with Gasteiger partial charge in [-0.25, -0.2) is 0 Å². The summed E-state index contributed by atoms with van der Waals surface area (Å²) in [5.74, 6) is 0. The molecule has 0 saturated heterocycles. The fourth-order valence-electron chi connectivity index (χ4n) is 0. The molecule has 18 valence electrons. The van der Waals surface area contributed by atoms with E-state index in [0.29, 0.717) is 5.55 Å². The second-order valence-corrected chi connectivity index (χ2v) is 0.289. The molecule has 0 amide bonds.